The molecule has 42 heavy (non-hydrogen) atoms. The Morgan fingerprint density at radius 2 is 1.45 bits per heavy atom. The molecule has 0 spiro atoms. The average Bonchev–Trinajstić information content (AvgIpc) is 3.63. The van der Waals surface area contributed by atoms with E-state index in [1.165, 1.54) is 24.6 Å². The van der Waals surface area contributed by atoms with E-state index in [2.05, 4.69) is 69.3 Å². The Kier molecular flexibility index (Phi) is 8.30. The van der Waals surface area contributed by atoms with Crippen molar-refractivity contribution in [1.82, 2.24) is 0 Å². The molecule has 0 radical (unpaired) electrons. The highest BCUT2D eigenvalue weighted by Crippen LogP contribution is 2.48. The minimum Gasteiger partial charge on any atom is -0.468 e. The number of hydrogen-bond acceptors (Lipinski definition) is 7. The average molecular weight is 587 g/mol. The number of fused-ring (bicyclic) bond motifs is 1. The molecule has 3 aromatic rings. The minimum absolute atomic E-state index is 0.126. The summed E-state index contributed by atoms with van der Waals surface area (Å²) in [6.07, 6.45) is 2.43. The molecular formula is C34H38O7Si. The molecule has 2 atom stereocenters. The second-order valence-corrected chi connectivity index (χ2v) is 16.8. The van der Waals surface area contributed by atoms with Crippen molar-refractivity contribution in [3.8, 4) is 11.5 Å². The van der Waals surface area contributed by atoms with Crippen LogP contribution in [0.4, 0.5) is 0 Å². The first-order valence-corrected chi connectivity index (χ1v) is 16.4. The predicted molar refractivity (Wildman–Crippen MR) is 164 cm³/mol. The number of ether oxygens (including phenoxy) is 5. The zero-order valence-electron chi connectivity index (χ0n) is 24.8. The number of hydrogen-bond donors (Lipinski definition) is 0. The molecular weight excluding hydrogens is 548 g/mol. The zero-order valence-corrected chi connectivity index (χ0v) is 25.8. The molecule has 5 rings (SSSR count). The Morgan fingerprint density at radius 3 is 2.00 bits per heavy atom. The van der Waals surface area contributed by atoms with Crippen LogP contribution in [0.25, 0.3) is 6.08 Å². The van der Waals surface area contributed by atoms with Gasteiger partial charge in [-0.2, -0.15) is 0 Å². The number of carbonyl (C=O) groups is 2. The Labute approximate surface area is 248 Å². The van der Waals surface area contributed by atoms with Gasteiger partial charge in [-0.05, 0) is 28.8 Å². The van der Waals surface area contributed by atoms with Gasteiger partial charge in [0.25, 0.3) is 0 Å². The molecule has 2 aliphatic heterocycles. The summed E-state index contributed by atoms with van der Waals surface area (Å²) in [5.74, 6) is -0.0198. The van der Waals surface area contributed by atoms with Gasteiger partial charge in [0.2, 0.25) is 6.79 Å². The maximum atomic E-state index is 13.5. The maximum absolute atomic E-state index is 13.5. The third kappa shape index (κ3) is 5.14. The van der Waals surface area contributed by atoms with Crippen molar-refractivity contribution in [2.75, 3.05) is 21.0 Å². The molecule has 0 aromatic heterocycles. The van der Waals surface area contributed by atoms with Gasteiger partial charge in [0, 0.05) is 6.42 Å². The summed E-state index contributed by atoms with van der Waals surface area (Å²) in [5.41, 5.74) is -0.825. The minimum atomic E-state index is -2.58. The predicted octanol–water partition coefficient (Wildman–Crippen LogP) is 4.98. The van der Waals surface area contributed by atoms with Crippen LogP contribution in [0.2, 0.25) is 11.1 Å². The smallest absolute Gasteiger partial charge is 0.326 e. The van der Waals surface area contributed by atoms with Crippen LogP contribution in [0.5, 0.6) is 11.5 Å². The third-order valence-electron chi connectivity index (χ3n) is 8.68. The van der Waals surface area contributed by atoms with Gasteiger partial charge in [0.05, 0.1) is 20.3 Å². The second-order valence-electron chi connectivity index (χ2n) is 11.9. The summed E-state index contributed by atoms with van der Waals surface area (Å²) in [6, 6.07) is 27.4. The molecule has 2 heterocycles. The summed E-state index contributed by atoms with van der Waals surface area (Å²) in [4.78, 5) is 27.0. The molecule has 2 aliphatic rings. The van der Waals surface area contributed by atoms with E-state index >= 15 is 0 Å². The number of carbonyl (C=O) groups excluding carboxylic acids is 2. The quantitative estimate of drug-likeness (QED) is 0.209. The van der Waals surface area contributed by atoms with Crippen LogP contribution in [-0.4, -0.2) is 53.2 Å². The third-order valence-corrected chi connectivity index (χ3v) is 14.9. The van der Waals surface area contributed by atoms with E-state index in [1.807, 2.05) is 36.4 Å². The number of esters is 2. The molecule has 7 nitrogen and oxygen atoms in total. The molecule has 1 saturated heterocycles. The standard InChI is InChI=1S/C34H38O7Si/c1-33(2,3)42(26-12-8-6-9-13-26,27-14-10-7-11-15-27)22-25-21-34(31(35)37-4,32(36)38-5)30(41-25)19-17-24-16-18-28-29(20-24)40-23-39-28/h6-20,25,30H,21-23H2,1-5H3/b19-17+. The highest BCUT2D eigenvalue weighted by molar-refractivity contribution is 7.04. The van der Waals surface area contributed by atoms with Gasteiger partial charge in [-0.25, -0.2) is 0 Å². The van der Waals surface area contributed by atoms with E-state index in [-0.39, 0.29) is 18.3 Å². The summed E-state index contributed by atoms with van der Waals surface area (Å²) in [6.45, 7) is 7.00. The highest BCUT2D eigenvalue weighted by atomic mass is 28.3. The number of rotatable bonds is 8. The van der Waals surface area contributed by atoms with E-state index in [0.29, 0.717) is 17.5 Å². The first kappa shape index (κ1) is 29.6. The van der Waals surface area contributed by atoms with Crippen molar-refractivity contribution in [1.29, 1.82) is 0 Å². The second kappa shape index (κ2) is 11.8. The van der Waals surface area contributed by atoms with Gasteiger partial charge in [0.15, 0.2) is 16.9 Å². The van der Waals surface area contributed by atoms with E-state index < -0.39 is 37.6 Å². The largest absolute Gasteiger partial charge is 0.468 e. The van der Waals surface area contributed by atoms with Crippen LogP contribution < -0.4 is 19.8 Å². The van der Waals surface area contributed by atoms with Gasteiger partial charge >= 0.3 is 11.9 Å². The van der Waals surface area contributed by atoms with Crippen molar-refractivity contribution in [2.24, 2.45) is 5.41 Å². The summed E-state index contributed by atoms with van der Waals surface area (Å²) < 4.78 is 28.1. The van der Waals surface area contributed by atoms with Crippen LogP contribution in [0.1, 0.15) is 32.8 Å². The van der Waals surface area contributed by atoms with Gasteiger partial charge in [-0.1, -0.05) is 110 Å². The van der Waals surface area contributed by atoms with Crippen molar-refractivity contribution in [3.63, 3.8) is 0 Å². The molecule has 0 N–H and O–H groups in total. The SMILES string of the molecule is COC(=O)C1(C(=O)OC)CC(C[Si](c2ccccc2)(c2ccccc2)C(C)(C)C)OC1/C=C/c1ccc2c(c1)OCO2. The number of benzene rings is 3. The highest BCUT2D eigenvalue weighted by Gasteiger charge is 2.62. The first-order valence-electron chi connectivity index (χ1n) is 14.2. The Bertz CT molecular complexity index is 1390. The Morgan fingerprint density at radius 1 is 0.881 bits per heavy atom. The van der Waals surface area contributed by atoms with Crippen molar-refractivity contribution < 1.29 is 33.3 Å². The fourth-order valence-corrected chi connectivity index (χ4v) is 12.2. The van der Waals surface area contributed by atoms with E-state index in [1.54, 1.807) is 6.08 Å². The lowest BCUT2D eigenvalue weighted by atomic mass is 9.79. The lowest BCUT2D eigenvalue weighted by Crippen LogP contribution is -2.65. The van der Waals surface area contributed by atoms with E-state index in [4.69, 9.17) is 23.7 Å². The van der Waals surface area contributed by atoms with Crippen molar-refractivity contribution >= 4 is 36.5 Å². The molecule has 1 fully saturated rings. The fraction of sp³-hybridized carbons (Fsp3) is 0.353. The molecule has 0 saturated carbocycles. The normalized spacial score (nSPS) is 19.5. The van der Waals surface area contributed by atoms with E-state index in [0.717, 1.165) is 5.56 Å². The Balaban J connectivity index is 1.58. The monoisotopic (exact) mass is 586 g/mol. The zero-order chi connectivity index (χ0) is 30.0. The Hall–Kier alpha value is -3.88. The molecule has 0 aliphatic carbocycles. The maximum Gasteiger partial charge on any atom is 0.326 e. The van der Waals surface area contributed by atoms with Crippen LogP contribution in [0.3, 0.4) is 0 Å². The summed E-state index contributed by atoms with van der Waals surface area (Å²) in [5, 5.41) is 2.42. The summed E-state index contributed by atoms with van der Waals surface area (Å²) >= 11 is 0. The lowest BCUT2D eigenvalue weighted by molar-refractivity contribution is -0.171. The molecule has 220 valence electrons. The molecule has 0 amide bonds. The topological polar surface area (TPSA) is 80.3 Å². The van der Waals surface area contributed by atoms with Gasteiger partial charge in [-0.3, -0.25) is 9.59 Å². The first-order chi connectivity index (χ1) is 20.2. The van der Waals surface area contributed by atoms with Crippen LogP contribution in [0, 0.1) is 5.41 Å². The van der Waals surface area contributed by atoms with Crippen LogP contribution >= 0.6 is 0 Å². The van der Waals surface area contributed by atoms with Crippen molar-refractivity contribution in [2.45, 2.75) is 50.5 Å². The van der Waals surface area contributed by atoms with Crippen molar-refractivity contribution in [3.05, 3.63) is 90.5 Å². The molecule has 2 unspecified atom stereocenters. The van der Waals surface area contributed by atoms with Crippen LogP contribution in [-0.2, 0) is 23.8 Å². The van der Waals surface area contributed by atoms with Gasteiger partial charge in [0.1, 0.15) is 14.2 Å². The van der Waals surface area contributed by atoms with E-state index in [9.17, 15) is 9.59 Å². The van der Waals surface area contributed by atoms with Gasteiger partial charge in [-0.15, -0.1) is 0 Å². The molecule has 3 aromatic carbocycles. The molecule has 0 bridgehead atoms. The van der Waals surface area contributed by atoms with Gasteiger partial charge < -0.3 is 23.7 Å². The summed E-state index contributed by atoms with van der Waals surface area (Å²) in [7, 11) is 0.00674. The molecule has 8 heteroatoms. The lowest BCUT2D eigenvalue weighted by Gasteiger charge is -2.45. The fourth-order valence-electron chi connectivity index (χ4n) is 6.60. The van der Waals surface area contributed by atoms with Crippen LogP contribution in [0.15, 0.2) is 84.9 Å². The number of methoxy groups -OCH3 is 2.